The highest BCUT2D eigenvalue weighted by molar-refractivity contribution is 6.39. The molecule has 0 aliphatic carbocycles. The lowest BCUT2D eigenvalue weighted by Crippen LogP contribution is -2.32. The van der Waals surface area contributed by atoms with E-state index in [1.165, 1.54) is 0 Å². The average molecular weight is 439 g/mol. The van der Waals surface area contributed by atoms with E-state index in [2.05, 4.69) is 21.3 Å². The molecule has 2 aliphatic heterocycles. The molecule has 154 valence electrons. The van der Waals surface area contributed by atoms with E-state index >= 15 is 0 Å². The molecule has 4 N–H and O–H groups in total. The Hall–Kier alpha value is -2.38. The number of carbonyl (C=O) groups is 1. The number of fused-ring (bicyclic) bond motifs is 3. The summed E-state index contributed by atoms with van der Waals surface area (Å²) in [5.74, 6) is 0.155. The number of benzene rings is 2. The quantitative estimate of drug-likeness (QED) is 0.547. The molecule has 0 bridgehead atoms. The smallest absolute Gasteiger partial charge is 0.255 e. The molecule has 2 aliphatic rings. The first kappa shape index (κ1) is 19.9. The second-order valence-corrected chi connectivity index (χ2v) is 8.41. The summed E-state index contributed by atoms with van der Waals surface area (Å²) < 4.78 is 18.6. The number of halogens is 3. The Balaban J connectivity index is 1.66. The van der Waals surface area contributed by atoms with E-state index in [1.807, 2.05) is 13.8 Å². The minimum Gasteiger partial charge on any atom is -0.486 e. The minimum atomic E-state index is -0.629. The standard InChI is InChI=1S/C20H21Cl2FN4O2/c1-20(2)9-11-15-14(8-10(17(11)29-20)18(28)24-7-6-23)25-19(26-15)27-16-12(21)4-3-5-13(16)22/h3-5,8,19,25-27H,6-7,9H2,1-2H3,(H,24,28). The molecular formula is C20H21Cl2FN4O2. The van der Waals surface area contributed by atoms with E-state index in [4.69, 9.17) is 27.9 Å². The second-order valence-electron chi connectivity index (χ2n) is 7.60. The molecule has 0 fully saturated rings. The van der Waals surface area contributed by atoms with Gasteiger partial charge in [-0.2, -0.15) is 0 Å². The molecule has 0 spiro atoms. The Morgan fingerprint density at radius 2 is 2.03 bits per heavy atom. The number of amides is 1. The maximum atomic E-state index is 12.6. The summed E-state index contributed by atoms with van der Waals surface area (Å²) in [5.41, 5.74) is 3.03. The topological polar surface area (TPSA) is 74.4 Å². The maximum absolute atomic E-state index is 12.6. The zero-order chi connectivity index (χ0) is 20.8. The van der Waals surface area contributed by atoms with Crippen LogP contribution in [0.1, 0.15) is 29.8 Å². The highest BCUT2D eigenvalue weighted by Crippen LogP contribution is 2.48. The monoisotopic (exact) mass is 438 g/mol. The largest absolute Gasteiger partial charge is 0.486 e. The molecule has 2 aromatic rings. The van der Waals surface area contributed by atoms with Crippen LogP contribution in [0.3, 0.4) is 0 Å². The van der Waals surface area contributed by atoms with Crippen LogP contribution in [0, 0.1) is 0 Å². The number of rotatable bonds is 5. The first-order valence-corrected chi connectivity index (χ1v) is 10.0. The van der Waals surface area contributed by atoms with Gasteiger partial charge < -0.3 is 26.0 Å². The van der Waals surface area contributed by atoms with Crippen LogP contribution in [0.2, 0.25) is 10.0 Å². The van der Waals surface area contributed by atoms with Gasteiger partial charge >= 0.3 is 0 Å². The molecule has 4 rings (SSSR count). The van der Waals surface area contributed by atoms with Gasteiger partial charge in [-0.15, -0.1) is 0 Å². The van der Waals surface area contributed by atoms with Gasteiger partial charge in [-0.25, -0.2) is 4.39 Å². The molecule has 1 amide bonds. The van der Waals surface area contributed by atoms with E-state index in [0.717, 1.165) is 16.9 Å². The number of anilines is 3. The van der Waals surface area contributed by atoms with Gasteiger partial charge in [0.2, 0.25) is 0 Å². The third kappa shape index (κ3) is 3.76. The van der Waals surface area contributed by atoms with Crippen molar-refractivity contribution >= 4 is 46.2 Å². The zero-order valence-corrected chi connectivity index (χ0v) is 17.5. The molecule has 2 heterocycles. The first-order chi connectivity index (χ1) is 13.8. The summed E-state index contributed by atoms with van der Waals surface area (Å²) in [4.78, 5) is 12.6. The molecule has 29 heavy (non-hydrogen) atoms. The van der Waals surface area contributed by atoms with E-state index in [-0.39, 0.29) is 18.7 Å². The second kappa shape index (κ2) is 7.46. The highest BCUT2D eigenvalue weighted by Gasteiger charge is 2.39. The van der Waals surface area contributed by atoms with Gasteiger partial charge in [0.1, 0.15) is 18.0 Å². The number of nitrogens with one attached hydrogen (secondary N) is 4. The molecule has 2 aromatic carbocycles. The molecular weight excluding hydrogens is 418 g/mol. The number of carbonyl (C=O) groups excluding carboxylic acids is 1. The van der Waals surface area contributed by atoms with E-state index in [0.29, 0.717) is 33.5 Å². The van der Waals surface area contributed by atoms with Gasteiger partial charge in [-0.05, 0) is 32.0 Å². The van der Waals surface area contributed by atoms with Crippen molar-refractivity contribution in [2.75, 3.05) is 29.2 Å². The fraction of sp³-hybridized carbons (Fsp3) is 0.350. The number of alkyl halides is 1. The molecule has 1 unspecified atom stereocenters. The van der Waals surface area contributed by atoms with Gasteiger partial charge in [0.05, 0.1) is 32.7 Å². The van der Waals surface area contributed by atoms with Crippen LogP contribution >= 0.6 is 23.2 Å². The Bertz CT molecular complexity index is 963. The predicted molar refractivity (Wildman–Crippen MR) is 114 cm³/mol. The fourth-order valence-corrected chi connectivity index (χ4v) is 4.14. The van der Waals surface area contributed by atoms with Crippen LogP contribution in [-0.2, 0) is 6.42 Å². The van der Waals surface area contributed by atoms with Crippen LogP contribution in [0.15, 0.2) is 24.3 Å². The van der Waals surface area contributed by atoms with Gasteiger partial charge in [0.15, 0.2) is 6.29 Å². The Morgan fingerprint density at radius 1 is 1.31 bits per heavy atom. The number of ether oxygens (including phenoxy) is 1. The van der Waals surface area contributed by atoms with E-state index in [9.17, 15) is 9.18 Å². The molecule has 1 atom stereocenters. The minimum absolute atomic E-state index is 0.0467. The Labute approximate surface area is 178 Å². The van der Waals surface area contributed by atoms with E-state index < -0.39 is 12.3 Å². The van der Waals surface area contributed by atoms with Crippen LogP contribution in [-0.4, -0.2) is 31.0 Å². The average Bonchev–Trinajstić information content (AvgIpc) is 3.21. The summed E-state index contributed by atoms with van der Waals surface area (Å²) in [7, 11) is 0. The van der Waals surface area contributed by atoms with Crippen LogP contribution in [0.4, 0.5) is 21.5 Å². The SMILES string of the molecule is CC1(C)Cc2c3c(cc(C(=O)NCCF)c2O1)NC(Nc1c(Cl)cccc1Cl)N3. The summed E-state index contributed by atoms with van der Waals surface area (Å²) in [6.07, 6.45) is 0.239. The van der Waals surface area contributed by atoms with Crippen molar-refractivity contribution < 1.29 is 13.9 Å². The van der Waals surface area contributed by atoms with Gasteiger partial charge in [-0.3, -0.25) is 4.79 Å². The third-order valence-corrected chi connectivity index (χ3v) is 5.45. The highest BCUT2D eigenvalue weighted by atomic mass is 35.5. The van der Waals surface area contributed by atoms with E-state index in [1.54, 1.807) is 24.3 Å². The first-order valence-electron chi connectivity index (χ1n) is 9.26. The van der Waals surface area contributed by atoms with Crippen LogP contribution < -0.4 is 26.0 Å². The van der Waals surface area contributed by atoms with Crippen molar-refractivity contribution in [2.24, 2.45) is 0 Å². The maximum Gasteiger partial charge on any atom is 0.255 e. The van der Waals surface area contributed by atoms with Gasteiger partial charge in [-0.1, -0.05) is 29.3 Å². The van der Waals surface area contributed by atoms with Crippen molar-refractivity contribution in [1.82, 2.24) is 5.32 Å². The van der Waals surface area contributed by atoms with Crippen molar-refractivity contribution in [3.8, 4) is 5.75 Å². The lowest BCUT2D eigenvalue weighted by atomic mass is 9.97. The molecule has 0 radical (unpaired) electrons. The summed E-state index contributed by atoms with van der Waals surface area (Å²) in [5, 5.41) is 13.5. The third-order valence-electron chi connectivity index (χ3n) is 4.82. The summed E-state index contributed by atoms with van der Waals surface area (Å²) in [6, 6.07) is 6.99. The van der Waals surface area contributed by atoms with Crippen molar-refractivity contribution in [2.45, 2.75) is 32.2 Å². The lowest BCUT2D eigenvalue weighted by Gasteiger charge is -2.18. The van der Waals surface area contributed by atoms with Crippen LogP contribution in [0.5, 0.6) is 5.75 Å². The Kier molecular flexibility index (Phi) is 5.12. The summed E-state index contributed by atoms with van der Waals surface area (Å²) in [6.45, 7) is 3.25. The molecule has 6 nitrogen and oxygen atoms in total. The van der Waals surface area contributed by atoms with Crippen molar-refractivity contribution in [3.63, 3.8) is 0 Å². The van der Waals surface area contributed by atoms with Gasteiger partial charge in [0, 0.05) is 18.5 Å². The molecule has 0 saturated heterocycles. The number of para-hydroxylation sites is 1. The lowest BCUT2D eigenvalue weighted by molar-refractivity contribution is 0.0937. The van der Waals surface area contributed by atoms with Crippen molar-refractivity contribution in [1.29, 1.82) is 0 Å². The fourth-order valence-electron chi connectivity index (χ4n) is 3.64. The molecule has 0 saturated carbocycles. The normalized spacial score (nSPS) is 18.2. The molecule has 0 aromatic heterocycles. The number of hydrogen-bond donors (Lipinski definition) is 4. The van der Waals surface area contributed by atoms with Crippen LogP contribution in [0.25, 0.3) is 0 Å². The Morgan fingerprint density at radius 3 is 2.72 bits per heavy atom. The predicted octanol–water partition coefficient (Wildman–Crippen LogP) is 4.64. The zero-order valence-electron chi connectivity index (χ0n) is 16.0. The van der Waals surface area contributed by atoms with Gasteiger partial charge in [0.25, 0.3) is 5.91 Å². The summed E-state index contributed by atoms with van der Waals surface area (Å²) >= 11 is 12.5. The molecule has 9 heteroatoms. The number of hydrogen-bond acceptors (Lipinski definition) is 5. The van der Waals surface area contributed by atoms with Crippen molar-refractivity contribution in [3.05, 3.63) is 45.4 Å².